The van der Waals surface area contributed by atoms with Crippen molar-refractivity contribution < 1.29 is 9.18 Å². The average Bonchev–Trinajstić information content (AvgIpc) is 2.47. The topological polar surface area (TPSA) is 33.2 Å². The van der Waals surface area contributed by atoms with Crippen molar-refractivity contribution in [1.82, 2.24) is 9.88 Å². The molecule has 0 radical (unpaired) electrons. The minimum absolute atomic E-state index is 0.0508. The van der Waals surface area contributed by atoms with Crippen LogP contribution < -0.4 is 0 Å². The van der Waals surface area contributed by atoms with E-state index < -0.39 is 6.17 Å². The number of hydrogen-bond donors (Lipinski definition) is 0. The van der Waals surface area contributed by atoms with E-state index >= 15 is 0 Å². The van der Waals surface area contributed by atoms with E-state index in [1.54, 1.807) is 11.1 Å². The number of carbonyl (C=O) groups excluding carboxylic acids is 1. The molecule has 1 fully saturated rings. The summed E-state index contributed by atoms with van der Waals surface area (Å²) in [7, 11) is 0. The standard InChI is InChI=1S/C15H15FN2O/c16-13-5-7-18(8-6-13)15(19)12-9-11-3-1-2-4-14(11)17-10-12/h1-4,9-10,13H,5-8H2. The molecule has 0 aliphatic carbocycles. The highest BCUT2D eigenvalue weighted by Crippen LogP contribution is 2.18. The number of rotatable bonds is 1. The Hall–Kier alpha value is -1.97. The lowest BCUT2D eigenvalue weighted by Gasteiger charge is -2.28. The summed E-state index contributed by atoms with van der Waals surface area (Å²) in [5, 5.41) is 0.953. The molecule has 0 unspecified atom stereocenters. The van der Waals surface area contributed by atoms with Gasteiger partial charge in [0.15, 0.2) is 0 Å². The second kappa shape index (κ2) is 4.96. The van der Waals surface area contributed by atoms with Crippen LogP contribution in [0.4, 0.5) is 4.39 Å². The molecule has 2 aromatic rings. The van der Waals surface area contributed by atoms with Crippen LogP contribution in [0.3, 0.4) is 0 Å². The molecule has 1 aliphatic rings. The normalized spacial score (nSPS) is 16.8. The molecule has 1 amide bonds. The lowest BCUT2D eigenvalue weighted by molar-refractivity contribution is 0.0667. The first-order chi connectivity index (χ1) is 9.24. The number of amides is 1. The molecular formula is C15H15FN2O. The summed E-state index contributed by atoms with van der Waals surface area (Å²) in [6, 6.07) is 9.55. The van der Waals surface area contributed by atoms with E-state index in [9.17, 15) is 9.18 Å². The molecule has 2 heterocycles. The summed E-state index contributed by atoms with van der Waals surface area (Å²) in [5.41, 5.74) is 1.46. The molecule has 0 spiro atoms. The SMILES string of the molecule is O=C(c1cnc2ccccc2c1)N1CCC(F)CC1. The van der Waals surface area contributed by atoms with Gasteiger partial charge < -0.3 is 4.90 Å². The largest absolute Gasteiger partial charge is 0.338 e. The van der Waals surface area contributed by atoms with E-state index in [1.807, 2.05) is 30.3 Å². The van der Waals surface area contributed by atoms with Gasteiger partial charge >= 0.3 is 0 Å². The summed E-state index contributed by atoms with van der Waals surface area (Å²) in [6.45, 7) is 0.986. The van der Waals surface area contributed by atoms with Gasteiger partial charge in [0.25, 0.3) is 5.91 Å². The molecule has 1 aromatic carbocycles. The Morgan fingerprint density at radius 1 is 1.26 bits per heavy atom. The van der Waals surface area contributed by atoms with Gasteiger partial charge in [-0.05, 0) is 25.0 Å². The summed E-state index contributed by atoms with van der Waals surface area (Å²) < 4.78 is 13.1. The Labute approximate surface area is 111 Å². The van der Waals surface area contributed by atoms with Crippen molar-refractivity contribution in [2.75, 3.05) is 13.1 Å². The zero-order valence-corrected chi connectivity index (χ0v) is 10.6. The number of fused-ring (bicyclic) bond motifs is 1. The average molecular weight is 258 g/mol. The number of nitrogens with zero attached hydrogens (tertiary/aromatic N) is 2. The van der Waals surface area contributed by atoms with Crippen molar-refractivity contribution >= 4 is 16.8 Å². The molecule has 0 saturated carbocycles. The Bertz CT molecular complexity index is 606. The second-order valence-electron chi connectivity index (χ2n) is 4.88. The molecule has 1 aromatic heterocycles. The smallest absolute Gasteiger partial charge is 0.255 e. The number of likely N-dealkylation sites (tertiary alicyclic amines) is 1. The maximum Gasteiger partial charge on any atom is 0.255 e. The lowest BCUT2D eigenvalue weighted by atomic mass is 10.1. The molecule has 4 heteroatoms. The highest BCUT2D eigenvalue weighted by molar-refractivity contribution is 5.97. The van der Waals surface area contributed by atoms with Gasteiger partial charge in [-0.15, -0.1) is 0 Å². The van der Waals surface area contributed by atoms with E-state index in [-0.39, 0.29) is 5.91 Å². The molecule has 3 nitrogen and oxygen atoms in total. The molecule has 1 saturated heterocycles. The summed E-state index contributed by atoms with van der Waals surface area (Å²) in [6.07, 6.45) is 1.71. The van der Waals surface area contributed by atoms with Crippen LogP contribution in [0, 0.1) is 0 Å². The molecule has 1 aliphatic heterocycles. The number of para-hydroxylation sites is 1. The lowest BCUT2D eigenvalue weighted by Crippen LogP contribution is -2.39. The molecule has 0 bridgehead atoms. The quantitative estimate of drug-likeness (QED) is 0.788. The molecule has 98 valence electrons. The third-order valence-electron chi connectivity index (χ3n) is 3.55. The van der Waals surface area contributed by atoms with Gasteiger partial charge in [-0.2, -0.15) is 0 Å². The third-order valence-corrected chi connectivity index (χ3v) is 3.55. The number of pyridine rings is 1. The molecule has 3 rings (SSSR count). The van der Waals surface area contributed by atoms with Crippen LogP contribution in [-0.2, 0) is 0 Å². The van der Waals surface area contributed by atoms with E-state index in [4.69, 9.17) is 0 Å². The minimum atomic E-state index is -0.765. The van der Waals surface area contributed by atoms with E-state index in [0.717, 1.165) is 10.9 Å². The second-order valence-corrected chi connectivity index (χ2v) is 4.88. The molecular weight excluding hydrogens is 243 g/mol. The fourth-order valence-corrected chi connectivity index (χ4v) is 2.42. The highest BCUT2D eigenvalue weighted by atomic mass is 19.1. The van der Waals surface area contributed by atoms with Crippen LogP contribution in [0.15, 0.2) is 36.5 Å². The van der Waals surface area contributed by atoms with Gasteiger partial charge in [0.2, 0.25) is 0 Å². The predicted molar refractivity (Wildman–Crippen MR) is 71.8 cm³/mol. The third kappa shape index (κ3) is 2.43. The number of aromatic nitrogens is 1. The maximum atomic E-state index is 13.1. The highest BCUT2D eigenvalue weighted by Gasteiger charge is 2.23. The summed E-state index contributed by atoms with van der Waals surface area (Å²) >= 11 is 0. The van der Waals surface area contributed by atoms with Crippen LogP contribution in [0.5, 0.6) is 0 Å². The number of alkyl halides is 1. The molecule has 19 heavy (non-hydrogen) atoms. The van der Waals surface area contributed by atoms with Crippen LogP contribution in [0.2, 0.25) is 0 Å². The first-order valence-electron chi connectivity index (χ1n) is 6.52. The Balaban J connectivity index is 1.85. The van der Waals surface area contributed by atoms with Crippen molar-refractivity contribution in [2.24, 2.45) is 0 Å². The van der Waals surface area contributed by atoms with E-state index in [0.29, 0.717) is 31.5 Å². The Kier molecular flexibility index (Phi) is 3.15. The van der Waals surface area contributed by atoms with Crippen molar-refractivity contribution in [3.63, 3.8) is 0 Å². The zero-order chi connectivity index (χ0) is 13.2. The summed E-state index contributed by atoms with van der Waals surface area (Å²) in [5.74, 6) is -0.0508. The fraction of sp³-hybridized carbons (Fsp3) is 0.333. The monoisotopic (exact) mass is 258 g/mol. The van der Waals surface area contributed by atoms with E-state index in [2.05, 4.69) is 4.98 Å². The number of benzene rings is 1. The van der Waals surface area contributed by atoms with Gasteiger partial charge in [0, 0.05) is 24.7 Å². The number of halogens is 1. The first-order valence-corrected chi connectivity index (χ1v) is 6.52. The zero-order valence-electron chi connectivity index (χ0n) is 10.6. The summed E-state index contributed by atoms with van der Waals surface area (Å²) in [4.78, 5) is 18.3. The maximum absolute atomic E-state index is 13.1. The van der Waals surface area contributed by atoms with Crippen LogP contribution in [-0.4, -0.2) is 35.1 Å². The van der Waals surface area contributed by atoms with Crippen molar-refractivity contribution in [3.8, 4) is 0 Å². The van der Waals surface area contributed by atoms with Gasteiger partial charge in [-0.1, -0.05) is 18.2 Å². The minimum Gasteiger partial charge on any atom is -0.338 e. The van der Waals surface area contributed by atoms with Gasteiger partial charge in [-0.25, -0.2) is 4.39 Å². The Morgan fingerprint density at radius 3 is 2.79 bits per heavy atom. The predicted octanol–water partition coefficient (Wildman–Crippen LogP) is 2.81. The van der Waals surface area contributed by atoms with Crippen LogP contribution >= 0.6 is 0 Å². The fourth-order valence-electron chi connectivity index (χ4n) is 2.42. The molecule has 0 atom stereocenters. The van der Waals surface area contributed by atoms with Gasteiger partial charge in [0.05, 0.1) is 11.1 Å². The van der Waals surface area contributed by atoms with Crippen molar-refractivity contribution in [1.29, 1.82) is 0 Å². The van der Waals surface area contributed by atoms with Gasteiger partial charge in [0.1, 0.15) is 6.17 Å². The Morgan fingerprint density at radius 2 is 2.00 bits per heavy atom. The number of piperidine rings is 1. The van der Waals surface area contributed by atoms with Crippen molar-refractivity contribution in [2.45, 2.75) is 19.0 Å². The molecule has 0 N–H and O–H groups in total. The first kappa shape index (κ1) is 12.1. The van der Waals surface area contributed by atoms with Crippen LogP contribution in [0.1, 0.15) is 23.2 Å². The van der Waals surface area contributed by atoms with Gasteiger partial charge in [-0.3, -0.25) is 9.78 Å². The number of hydrogen-bond acceptors (Lipinski definition) is 2. The van der Waals surface area contributed by atoms with Crippen LogP contribution in [0.25, 0.3) is 10.9 Å². The number of carbonyl (C=O) groups is 1. The van der Waals surface area contributed by atoms with E-state index in [1.165, 1.54) is 0 Å². The van der Waals surface area contributed by atoms with Crippen molar-refractivity contribution in [3.05, 3.63) is 42.1 Å².